The smallest absolute Gasteiger partial charge is 0.238 e. The molecule has 0 bridgehead atoms. The lowest BCUT2D eigenvalue weighted by Crippen LogP contribution is -2.21. The van der Waals surface area contributed by atoms with E-state index in [0.717, 1.165) is 22.9 Å². The van der Waals surface area contributed by atoms with Crippen LogP contribution in [0.5, 0.6) is 0 Å². The Morgan fingerprint density at radius 3 is 2.37 bits per heavy atom. The third-order valence-electron chi connectivity index (χ3n) is 3.79. The SMILES string of the molecule is Cc1c(Br)ccc(C2CCC(O)CC2)c1S(N)(=O)=O. The Labute approximate surface area is 122 Å². The topological polar surface area (TPSA) is 80.4 Å². The van der Waals surface area contributed by atoms with Crippen LogP contribution in [0.4, 0.5) is 0 Å². The van der Waals surface area contributed by atoms with E-state index in [1.54, 1.807) is 6.92 Å². The summed E-state index contributed by atoms with van der Waals surface area (Å²) in [4.78, 5) is 0.239. The molecule has 106 valence electrons. The predicted octanol–water partition coefficient (Wildman–Crippen LogP) is 2.42. The number of aliphatic hydroxyl groups excluding tert-OH is 1. The number of sulfonamides is 1. The molecule has 0 aromatic heterocycles. The van der Waals surface area contributed by atoms with E-state index in [2.05, 4.69) is 15.9 Å². The van der Waals surface area contributed by atoms with Crippen molar-refractivity contribution in [2.75, 3.05) is 0 Å². The molecule has 0 atom stereocenters. The van der Waals surface area contributed by atoms with Crippen LogP contribution in [0.15, 0.2) is 21.5 Å². The molecule has 2 rings (SSSR count). The van der Waals surface area contributed by atoms with Crippen molar-refractivity contribution in [1.82, 2.24) is 0 Å². The molecule has 1 aliphatic rings. The molecule has 19 heavy (non-hydrogen) atoms. The highest BCUT2D eigenvalue weighted by molar-refractivity contribution is 9.10. The van der Waals surface area contributed by atoms with Crippen LogP contribution in [-0.2, 0) is 10.0 Å². The summed E-state index contributed by atoms with van der Waals surface area (Å²) < 4.78 is 24.4. The second-order valence-electron chi connectivity index (χ2n) is 5.14. The van der Waals surface area contributed by atoms with Gasteiger partial charge in [-0.15, -0.1) is 0 Å². The lowest BCUT2D eigenvalue weighted by molar-refractivity contribution is 0.122. The van der Waals surface area contributed by atoms with Gasteiger partial charge in [-0.1, -0.05) is 22.0 Å². The standard InChI is InChI=1S/C13H18BrNO3S/c1-8-12(14)7-6-11(13(8)19(15,17)18)9-2-4-10(16)5-3-9/h6-7,9-10,16H,2-5H2,1H3,(H2,15,17,18). The fourth-order valence-electron chi connectivity index (χ4n) is 2.77. The first-order valence-electron chi connectivity index (χ1n) is 6.30. The van der Waals surface area contributed by atoms with Crippen molar-refractivity contribution in [3.8, 4) is 0 Å². The second-order valence-corrected chi connectivity index (χ2v) is 7.49. The summed E-state index contributed by atoms with van der Waals surface area (Å²) in [6.07, 6.45) is 2.76. The summed E-state index contributed by atoms with van der Waals surface area (Å²) in [6.45, 7) is 1.75. The van der Waals surface area contributed by atoms with E-state index in [0.29, 0.717) is 18.4 Å². The van der Waals surface area contributed by atoms with Crippen LogP contribution in [0.1, 0.15) is 42.7 Å². The molecule has 1 saturated carbocycles. The molecule has 0 aliphatic heterocycles. The highest BCUT2D eigenvalue weighted by Crippen LogP contribution is 2.38. The van der Waals surface area contributed by atoms with Gasteiger partial charge in [0.15, 0.2) is 0 Å². The van der Waals surface area contributed by atoms with Gasteiger partial charge in [-0.2, -0.15) is 0 Å². The molecular weight excluding hydrogens is 330 g/mol. The Bertz CT molecular complexity index is 578. The van der Waals surface area contributed by atoms with Crippen molar-refractivity contribution < 1.29 is 13.5 Å². The fraction of sp³-hybridized carbons (Fsp3) is 0.538. The zero-order valence-corrected chi connectivity index (χ0v) is 13.2. The first kappa shape index (κ1) is 15.0. The Hall–Kier alpha value is -0.430. The van der Waals surface area contributed by atoms with Crippen molar-refractivity contribution in [3.63, 3.8) is 0 Å². The third-order valence-corrected chi connectivity index (χ3v) is 5.76. The molecule has 1 fully saturated rings. The summed E-state index contributed by atoms with van der Waals surface area (Å²) in [5.41, 5.74) is 1.45. The quantitative estimate of drug-likeness (QED) is 0.861. The molecule has 6 heteroatoms. The summed E-state index contributed by atoms with van der Waals surface area (Å²) >= 11 is 3.35. The van der Waals surface area contributed by atoms with Gasteiger partial charge < -0.3 is 5.11 Å². The van der Waals surface area contributed by atoms with Gasteiger partial charge in [0.2, 0.25) is 10.0 Å². The van der Waals surface area contributed by atoms with Crippen LogP contribution in [0.3, 0.4) is 0 Å². The van der Waals surface area contributed by atoms with Gasteiger partial charge >= 0.3 is 0 Å². The van der Waals surface area contributed by atoms with Crippen LogP contribution in [0.2, 0.25) is 0 Å². The first-order valence-corrected chi connectivity index (χ1v) is 8.64. The summed E-state index contributed by atoms with van der Waals surface area (Å²) in [5.74, 6) is 0.156. The van der Waals surface area contributed by atoms with Gasteiger partial charge in [0.1, 0.15) is 0 Å². The highest BCUT2D eigenvalue weighted by atomic mass is 79.9. The predicted molar refractivity (Wildman–Crippen MR) is 77.5 cm³/mol. The van der Waals surface area contributed by atoms with Crippen molar-refractivity contribution in [1.29, 1.82) is 0 Å². The fourth-order valence-corrected chi connectivity index (χ4v) is 4.34. The summed E-state index contributed by atoms with van der Waals surface area (Å²) in [5, 5.41) is 14.9. The zero-order valence-electron chi connectivity index (χ0n) is 10.8. The monoisotopic (exact) mass is 347 g/mol. The van der Waals surface area contributed by atoms with Gasteiger partial charge in [-0.05, 0) is 55.7 Å². The molecule has 1 aliphatic carbocycles. The average molecular weight is 348 g/mol. The third kappa shape index (κ3) is 3.18. The van der Waals surface area contributed by atoms with E-state index in [-0.39, 0.29) is 16.9 Å². The molecule has 4 nitrogen and oxygen atoms in total. The minimum Gasteiger partial charge on any atom is -0.393 e. The van der Waals surface area contributed by atoms with Gasteiger partial charge in [-0.3, -0.25) is 0 Å². The first-order chi connectivity index (χ1) is 8.80. The number of halogens is 1. The number of hydrogen-bond donors (Lipinski definition) is 2. The summed E-state index contributed by atoms with van der Waals surface area (Å²) in [6, 6.07) is 3.70. The van der Waals surface area contributed by atoms with E-state index >= 15 is 0 Å². The summed E-state index contributed by atoms with van der Waals surface area (Å²) in [7, 11) is -3.74. The van der Waals surface area contributed by atoms with Gasteiger partial charge in [0.25, 0.3) is 0 Å². The van der Waals surface area contributed by atoms with Crippen LogP contribution in [0, 0.1) is 6.92 Å². The lowest BCUT2D eigenvalue weighted by atomic mass is 9.82. The maximum absolute atomic E-state index is 11.8. The molecule has 0 spiro atoms. The van der Waals surface area contributed by atoms with Crippen molar-refractivity contribution >= 4 is 26.0 Å². The molecule has 0 saturated heterocycles. The van der Waals surface area contributed by atoms with E-state index in [1.807, 2.05) is 12.1 Å². The Morgan fingerprint density at radius 1 is 1.26 bits per heavy atom. The number of aliphatic hydroxyl groups is 1. The van der Waals surface area contributed by atoms with Gasteiger partial charge in [-0.25, -0.2) is 13.6 Å². The normalized spacial score (nSPS) is 24.4. The molecule has 3 N–H and O–H groups in total. The molecule has 0 unspecified atom stereocenters. The Morgan fingerprint density at radius 2 is 1.84 bits per heavy atom. The molecule has 1 aromatic rings. The van der Waals surface area contributed by atoms with E-state index < -0.39 is 10.0 Å². The largest absolute Gasteiger partial charge is 0.393 e. The molecule has 1 aromatic carbocycles. The second kappa shape index (κ2) is 5.52. The van der Waals surface area contributed by atoms with Gasteiger partial charge in [0.05, 0.1) is 11.0 Å². The maximum atomic E-state index is 11.8. The van der Waals surface area contributed by atoms with E-state index in [9.17, 15) is 13.5 Å². The Kier molecular flexibility index (Phi) is 4.35. The minimum atomic E-state index is -3.74. The zero-order chi connectivity index (χ0) is 14.2. The van der Waals surface area contributed by atoms with Crippen LogP contribution >= 0.6 is 15.9 Å². The maximum Gasteiger partial charge on any atom is 0.238 e. The lowest BCUT2D eigenvalue weighted by Gasteiger charge is -2.27. The van der Waals surface area contributed by atoms with E-state index in [4.69, 9.17) is 5.14 Å². The van der Waals surface area contributed by atoms with Crippen molar-refractivity contribution in [3.05, 3.63) is 27.7 Å². The van der Waals surface area contributed by atoms with Crippen LogP contribution in [0.25, 0.3) is 0 Å². The number of primary sulfonamides is 1. The highest BCUT2D eigenvalue weighted by Gasteiger charge is 2.27. The van der Waals surface area contributed by atoms with E-state index in [1.165, 1.54) is 0 Å². The van der Waals surface area contributed by atoms with Crippen LogP contribution in [-0.4, -0.2) is 19.6 Å². The number of nitrogens with two attached hydrogens (primary N) is 1. The van der Waals surface area contributed by atoms with Gasteiger partial charge in [0, 0.05) is 4.47 Å². The number of hydrogen-bond acceptors (Lipinski definition) is 3. The number of rotatable bonds is 2. The Balaban J connectivity index is 2.49. The number of benzene rings is 1. The minimum absolute atomic E-state index is 0.156. The molecule has 0 heterocycles. The molecule has 0 radical (unpaired) electrons. The van der Waals surface area contributed by atoms with Crippen molar-refractivity contribution in [2.24, 2.45) is 5.14 Å². The average Bonchev–Trinajstić information content (AvgIpc) is 2.32. The van der Waals surface area contributed by atoms with Crippen molar-refractivity contribution in [2.45, 2.75) is 49.5 Å². The molecular formula is C13H18BrNO3S. The molecule has 0 amide bonds. The van der Waals surface area contributed by atoms with Crippen LogP contribution < -0.4 is 5.14 Å².